The standard InChI is InChI=1S/C14H23NO3S2/c1-2-3-4-5-6-7-8-9-10-18-13(17)15-12(16)11-20-14(15)19/h2-11H2,1H3. The van der Waals surface area contributed by atoms with Crippen molar-refractivity contribution in [2.24, 2.45) is 0 Å². The number of hydrogen-bond donors (Lipinski definition) is 0. The molecule has 4 nitrogen and oxygen atoms in total. The molecule has 0 aromatic carbocycles. The van der Waals surface area contributed by atoms with Gasteiger partial charge in [0.05, 0.1) is 12.4 Å². The van der Waals surface area contributed by atoms with Gasteiger partial charge in [-0.1, -0.05) is 75.8 Å². The first-order chi connectivity index (χ1) is 9.66. The molecular formula is C14H23NO3S2. The Kier molecular flexibility index (Phi) is 8.85. The van der Waals surface area contributed by atoms with Crippen molar-refractivity contribution in [1.29, 1.82) is 0 Å². The first kappa shape index (κ1) is 17.4. The quantitative estimate of drug-likeness (QED) is 0.473. The van der Waals surface area contributed by atoms with Gasteiger partial charge in [0.2, 0.25) is 5.91 Å². The Hall–Kier alpha value is -0.620. The first-order valence-corrected chi connectivity index (χ1v) is 8.72. The Bertz CT molecular complexity index is 331. The summed E-state index contributed by atoms with van der Waals surface area (Å²) < 4.78 is 5.38. The number of amides is 2. The summed E-state index contributed by atoms with van der Waals surface area (Å²) in [7, 11) is 0. The van der Waals surface area contributed by atoms with Crippen LogP contribution in [0.3, 0.4) is 0 Å². The summed E-state index contributed by atoms with van der Waals surface area (Å²) in [6, 6.07) is 0. The zero-order valence-electron chi connectivity index (χ0n) is 12.1. The maximum absolute atomic E-state index is 11.7. The predicted molar refractivity (Wildman–Crippen MR) is 85.9 cm³/mol. The molecule has 0 radical (unpaired) electrons. The molecular weight excluding hydrogens is 294 g/mol. The molecule has 1 aliphatic heterocycles. The summed E-state index contributed by atoms with van der Waals surface area (Å²) in [5, 5.41) is 0. The van der Waals surface area contributed by atoms with Crippen molar-refractivity contribution >= 4 is 40.3 Å². The highest BCUT2D eigenvalue weighted by molar-refractivity contribution is 8.24. The molecule has 2 amide bonds. The zero-order valence-corrected chi connectivity index (χ0v) is 13.7. The molecule has 20 heavy (non-hydrogen) atoms. The van der Waals surface area contributed by atoms with Gasteiger partial charge >= 0.3 is 6.09 Å². The van der Waals surface area contributed by atoms with Crippen LogP contribution in [-0.4, -0.2) is 33.6 Å². The lowest BCUT2D eigenvalue weighted by Gasteiger charge is -2.12. The fourth-order valence-corrected chi connectivity index (χ4v) is 3.03. The van der Waals surface area contributed by atoms with Crippen molar-refractivity contribution in [2.75, 3.05) is 12.4 Å². The smallest absolute Gasteiger partial charge is 0.422 e. The van der Waals surface area contributed by atoms with Crippen molar-refractivity contribution in [2.45, 2.75) is 58.3 Å². The Morgan fingerprint density at radius 2 is 1.80 bits per heavy atom. The third-order valence-corrected chi connectivity index (χ3v) is 4.51. The summed E-state index contributed by atoms with van der Waals surface area (Å²) in [6.45, 7) is 2.58. The Labute approximate surface area is 130 Å². The molecule has 0 bridgehead atoms. The van der Waals surface area contributed by atoms with E-state index in [-0.39, 0.29) is 11.7 Å². The van der Waals surface area contributed by atoms with Gasteiger partial charge in [-0.05, 0) is 6.42 Å². The summed E-state index contributed by atoms with van der Waals surface area (Å²) >= 11 is 6.14. The summed E-state index contributed by atoms with van der Waals surface area (Å²) in [5.41, 5.74) is 0. The fourth-order valence-electron chi connectivity index (χ4n) is 1.99. The molecule has 0 saturated carbocycles. The molecule has 114 valence electrons. The van der Waals surface area contributed by atoms with Crippen LogP contribution in [0.1, 0.15) is 58.3 Å². The van der Waals surface area contributed by atoms with Crippen LogP contribution in [0.5, 0.6) is 0 Å². The molecule has 1 heterocycles. The molecule has 0 unspecified atom stereocenters. The molecule has 0 N–H and O–H groups in total. The molecule has 1 saturated heterocycles. The van der Waals surface area contributed by atoms with Crippen LogP contribution in [0, 0.1) is 0 Å². The molecule has 1 fully saturated rings. The molecule has 0 atom stereocenters. The van der Waals surface area contributed by atoms with Crippen LogP contribution in [0.2, 0.25) is 0 Å². The minimum absolute atomic E-state index is 0.242. The number of thioether (sulfide) groups is 1. The number of carbonyl (C=O) groups excluding carboxylic acids is 2. The number of thiocarbonyl (C=S) groups is 1. The molecule has 0 aromatic heterocycles. The average molecular weight is 317 g/mol. The summed E-state index contributed by atoms with van der Waals surface area (Å²) in [6.07, 6.45) is 8.92. The second-order valence-corrected chi connectivity index (χ2v) is 6.48. The van der Waals surface area contributed by atoms with Gasteiger partial charge in [-0.25, -0.2) is 4.79 Å². The van der Waals surface area contributed by atoms with Crippen LogP contribution >= 0.6 is 24.0 Å². The second-order valence-electron chi connectivity index (χ2n) is 4.87. The van der Waals surface area contributed by atoms with Crippen molar-refractivity contribution in [3.63, 3.8) is 0 Å². The minimum atomic E-state index is -0.618. The Morgan fingerprint density at radius 1 is 1.20 bits per heavy atom. The van der Waals surface area contributed by atoms with Crippen LogP contribution in [0.25, 0.3) is 0 Å². The maximum Gasteiger partial charge on any atom is 0.422 e. The van der Waals surface area contributed by atoms with E-state index in [1.807, 2.05) is 0 Å². The van der Waals surface area contributed by atoms with Gasteiger partial charge in [0, 0.05) is 0 Å². The van der Waals surface area contributed by atoms with E-state index >= 15 is 0 Å². The summed E-state index contributed by atoms with van der Waals surface area (Å²) in [5.74, 6) is -0.0352. The van der Waals surface area contributed by atoms with E-state index in [1.54, 1.807) is 0 Å². The van der Waals surface area contributed by atoms with Gasteiger partial charge in [0.25, 0.3) is 0 Å². The van der Waals surface area contributed by atoms with Crippen molar-refractivity contribution < 1.29 is 14.3 Å². The predicted octanol–water partition coefficient (Wildman–Crippen LogP) is 4.12. The molecule has 1 rings (SSSR count). The third-order valence-electron chi connectivity index (χ3n) is 3.16. The average Bonchev–Trinajstić information content (AvgIpc) is 2.76. The van der Waals surface area contributed by atoms with Crippen molar-refractivity contribution in [1.82, 2.24) is 4.90 Å². The van der Waals surface area contributed by atoms with Crippen LogP contribution in [-0.2, 0) is 9.53 Å². The van der Waals surface area contributed by atoms with E-state index in [1.165, 1.54) is 50.3 Å². The number of nitrogens with zero attached hydrogens (tertiary/aromatic N) is 1. The SMILES string of the molecule is CCCCCCCCCCOC(=O)N1C(=O)CSC1=S. The lowest BCUT2D eigenvalue weighted by atomic mass is 10.1. The number of ether oxygens (including phenoxy) is 1. The lowest BCUT2D eigenvalue weighted by Crippen LogP contribution is -2.35. The van der Waals surface area contributed by atoms with Gasteiger partial charge in [0.15, 0.2) is 4.32 Å². The van der Waals surface area contributed by atoms with Gasteiger partial charge in [-0.15, -0.1) is 0 Å². The molecule has 0 spiro atoms. The largest absolute Gasteiger partial charge is 0.449 e. The molecule has 6 heteroatoms. The van der Waals surface area contributed by atoms with E-state index in [2.05, 4.69) is 6.92 Å². The first-order valence-electron chi connectivity index (χ1n) is 7.33. The minimum Gasteiger partial charge on any atom is -0.449 e. The highest BCUT2D eigenvalue weighted by Gasteiger charge is 2.33. The van der Waals surface area contributed by atoms with Crippen molar-refractivity contribution in [3.05, 3.63) is 0 Å². The number of imide groups is 1. The Morgan fingerprint density at radius 3 is 2.35 bits per heavy atom. The number of hydrogen-bond acceptors (Lipinski definition) is 5. The zero-order chi connectivity index (χ0) is 14.8. The topological polar surface area (TPSA) is 46.6 Å². The van der Waals surface area contributed by atoms with Gasteiger partial charge < -0.3 is 4.74 Å². The number of carbonyl (C=O) groups is 2. The van der Waals surface area contributed by atoms with E-state index < -0.39 is 6.09 Å². The highest BCUT2D eigenvalue weighted by atomic mass is 32.2. The number of rotatable bonds is 9. The fraction of sp³-hybridized carbons (Fsp3) is 0.786. The molecule has 1 aliphatic rings. The van der Waals surface area contributed by atoms with E-state index in [4.69, 9.17) is 17.0 Å². The Balaban J connectivity index is 2.00. The van der Waals surface area contributed by atoms with Crippen molar-refractivity contribution in [3.8, 4) is 0 Å². The van der Waals surface area contributed by atoms with E-state index in [0.29, 0.717) is 10.9 Å². The lowest BCUT2D eigenvalue weighted by molar-refractivity contribution is -0.122. The van der Waals surface area contributed by atoms with Gasteiger partial charge in [-0.3, -0.25) is 4.79 Å². The van der Waals surface area contributed by atoms with E-state index in [9.17, 15) is 9.59 Å². The monoisotopic (exact) mass is 317 g/mol. The van der Waals surface area contributed by atoms with E-state index in [0.717, 1.165) is 17.7 Å². The van der Waals surface area contributed by atoms with Crippen LogP contribution in [0.4, 0.5) is 4.79 Å². The third kappa shape index (κ3) is 6.22. The highest BCUT2D eigenvalue weighted by Crippen LogP contribution is 2.20. The normalized spacial score (nSPS) is 14.9. The second kappa shape index (κ2) is 10.2. The number of unbranched alkanes of at least 4 members (excludes halogenated alkanes) is 7. The maximum atomic E-state index is 11.7. The van der Waals surface area contributed by atoms with Crippen LogP contribution in [0.15, 0.2) is 0 Å². The molecule has 0 aliphatic carbocycles. The van der Waals surface area contributed by atoms with Gasteiger partial charge in [-0.2, -0.15) is 4.90 Å². The van der Waals surface area contributed by atoms with Gasteiger partial charge in [0.1, 0.15) is 0 Å². The summed E-state index contributed by atoms with van der Waals surface area (Å²) in [4.78, 5) is 24.0. The van der Waals surface area contributed by atoms with Crippen LogP contribution < -0.4 is 0 Å². The molecule has 0 aromatic rings.